The fourth-order valence-corrected chi connectivity index (χ4v) is 2.15. The lowest BCUT2D eigenvalue weighted by atomic mass is 10.2. The van der Waals surface area contributed by atoms with E-state index in [1.807, 2.05) is 0 Å². The number of hydrazine groups is 1. The molecule has 1 saturated heterocycles. The van der Waals surface area contributed by atoms with Crippen molar-refractivity contribution in [1.82, 2.24) is 5.01 Å². The Balaban J connectivity index is 1.86. The summed E-state index contributed by atoms with van der Waals surface area (Å²) >= 11 is 1.76. The van der Waals surface area contributed by atoms with Gasteiger partial charge in [0.2, 0.25) is 0 Å². The third kappa shape index (κ3) is 1.99. The summed E-state index contributed by atoms with van der Waals surface area (Å²) in [5.74, 6) is 0. The van der Waals surface area contributed by atoms with E-state index in [1.165, 1.54) is 37.4 Å². The number of piperidine rings is 1. The Hall–Kier alpha value is -0.540. The molecule has 3 heteroatoms. The number of hydrogen-bond acceptors (Lipinski definition) is 3. The van der Waals surface area contributed by atoms with Gasteiger partial charge in [-0.2, -0.15) is 0 Å². The first-order chi connectivity index (χ1) is 5.95. The number of hydrogen-bond donors (Lipinski definition) is 1. The summed E-state index contributed by atoms with van der Waals surface area (Å²) in [6, 6.07) is 4.20. The molecule has 12 heavy (non-hydrogen) atoms. The van der Waals surface area contributed by atoms with E-state index >= 15 is 0 Å². The van der Waals surface area contributed by atoms with Crippen molar-refractivity contribution in [3.05, 3.63) is 17.5 Å². The van der Waals surface area contributed by atoms with Crippen LogP contribution in [0, 0.1) is 0 Å². The molecule has 2 heterocycles. The van der Waals surface area contributed by atoms with E-state index in [4.69, 9.17) is 0 Å². The molecule has 1 aliphatic heterocycles. The van der Waals surface area contributed by atoms with Crippen molar-refractivity contribution in [2.75, 3.05) is 18.5 Å². The average molecular weight is 182 g/mol. The Morgan fingerprint density at radius 2 is 2.08 bits per heavy atom. The molecule has 0 aliphatic carbocycles. The molecule has 0 aromatic carbocycles. The van der Waals surface area contributed by atoms with Gasteiger partial charge in [0.05, 0.1) is 0 Å². The lowest BCUT2D eigenvalue weighted by molar-refractivity contribution is 0.274. The monoisotopic (exact) mass is 182 g/mol. The average Bonchev–Trinajstić information content (AvgIpc) is 2.59. The molecule has 0 atom stereocenters. The minimum absolute atomic E-state index is 1.19. The smallest absolute Gasteiger partial charge is 0.103 e. The summed E-state index contributed by atoms with van der Waals surface area (Å²) in [5.41, 5.74) is 3.41. The highest BCUT2D eigenvalue weighted by molar-refractivity contribution is 7.14. The van der Waals surface area contributed by atoms with Gasteiger partial charge in [-0.05, 0) is 30.4 Å². The molecular weight excluding hydrogens is 168 g/mol. The van der Waals surface area contributed by atoms with Crippen LogP contribution in [0.3, 0.4) is 0 Å². The molecule has 1 aliphatic rings. The van der Waals surface area contributed by atoms with Gasteiger partial charge in [0.15, 0.2) is 0 Å². The Labute approximate surface area is 77.2 Å². The van der Waals surface area contributed by atoms with E-state index in [0.717, 1.165) is 0 Å². The molecule has 1 N–H and O–H groups in total. The van der Waals surface area contributed by atoms with Crippen LogP contribution < -0.4 is 5.43 Å². The molecule has 2 rings (SSSR count). The lowest BCUT2D eigenvalue weighted by Crippen LogP contribution is -2.34. The molecule has 0 unspecified atom stereocenters. The SMILES string of the molecule is c1csc(NN2CCCCC2)c1. The van der Waals surface area contributed by atoms with Crippen molar-refractivity contribution in [3.8, 4) is 0 Å². The zero-order valence-corrected chi connectivity index (χ0v) is 7.94. The fraction of sp³-hybridized carbons (Fsp3) is 0.556. The van der Waals surface area contributed by atoms with Crippen LogP contribution in [0.1, 0.15) is 19.3 Å². The first-order valence-electron chi connectivity index (χ1n) is 4.50. The third-order valence-corrected chi connectivity index (χ3v) is 2.92. The molecule has 2 nitrogen and oxygen atoms in total. The molecule has 1 aromatic heterocycles. The van der Waals surface area contributed by atoms with Gasteiger partial charge < -0.3 is 5.43 Å². The third-order valence-electron chi connectivity index (χ3n) is 2.15. The van der Waals surface area contributed by atoms with Crippen LogP contribution in [0.15, 0.2) is 17.5 Å². The largest absolute Gasteiger partial charge is 0.310 e. The van der Waals surface area contributed by atoms with E-state index < -0.39 is 0 Å². The highest BCUT2D eigenvalue weighted by atomic mass is 32.1. The lowest BCUT2D eigenvalue weighted by Gasteiger charge is -2.26. The predicted molar refractivity (Wildman–Crippen MR) is 53.4 cm³/mol. The maximum absolute atomic E-state index is 3.41. The summed E-state index contributed by atoms with van der Waals surface area (Å²) in [7, 11) is 0. The van der Waals surface area contributed by atoms with Crippen LogP contribution >= 0.6 is 11.3 Å². The van der Waals surface area contributed by atoms with Crippen LogP contribution in [0.4, 0.5) is 5.00 Å². The van der Waals surface area contributed by atoms with Crippen LogP contribution in [-0.4, -0.2) is 18.1 Å². The summed E-state index contributed by atoms with van der Waals surface area (Å²) in [6.45, 7) is 2.38. The molecule has 0 radical (unpaired) electrons. The van der Waals surface area contributed by atoms with Crippen LogP contribution in [0.5, 0.6) is 0 Å². The van der Waals surface area contributed by atoms with Crippen molar-refractivity contribution in [2.24, 2.45) is 0 Å². The summed E-state index contributed by atoms with van der Waals surface area (Å²) < 4.78 is 0. The van der Waals surface area contributed by atoms with Crippen LogP contribution in [0.25, 0.3) is 0 Å². The Bertz CT molecular complexity index is 214. The van der Waals surface area contributed by atoms with Crippen molar-refractivity contribution in [1.29, 1.82) is 0 Å². The van der Waals surface area contributed by atoms with Gasteiger partial charge in [0.1, 0.15) is 5.00 Å². The molecule has 66 valence electrons. The zero-order valence-electron chi connectivity index (χ0n) is 7.12. The normalized spacial score (nSPS) is 19.3. The number of anilines is 1. The van der Waals surface area contributed by atoms with E-state index in [-0.39, 0.29) is 0 Å². The number of nitrogens with one attached hydrogen (secondary N) is 1. The number of nitrogens with zero attached hydrogens (tertiary/aromatic N) is 1. The van der Waals surface area contributed by atoms with Crippen LogP contribution in [0.2, 0.25) is 0 Å². The Kier molecular flexibility index (Phi) is 2.64. The minimum Gasteiger partial charge on any atom is -0.310 e. The van der Waals surface area contributed by atoms with Gasteiger partial charge in [-0.3, -0.25) is 0 Å². The van der Waals surface area contributed by atoms with Gasteiger partial charge in [0, 0.05) is 13.1 Å². The zero-order chi connectivity index (χ0) is 8.23. The molecule has 0 saturated carbocycles. The second-order valence-corrected chi connectivity index (χ2v) is 4.08. The maximum Gasteiger partial charge on any atom is 0.103 e. The van der Waals surface area contributed by atoms with Crippen molar-refractivity contribution in [2.45, 2.75) is 19.3 Å². The summed E-state index contributed by atoms with van der Waals surface area (Å²) in [5, 5.41) is 5.68. The predicted octanol–water partition coefficient (Wildman–Crippen LogP) is 2.56. The summed E-state index contributed by atoms with van der Waals surface area (Å²) in [4.78, 5) is 0. The Morgan fingerprint density at radius 3 is 2.75 bits per heavy atom. The molecule has 1 fully saturated rings. The maximum atomic E-state index is 3.41. The quantitative estimate of drug-likeness (QED) is 0.756. The molecule has 0 bridgehead atoms. The summed E-state index contributed by atoms with van der Waals surface area (Å²) in [6.07, 6.45) is 4.05. The standard InChI is InChI=1S/C9H14N2S/c1-2-6-11(7-3-1)10-9-5-4-8-12-9/h4-5,8,10H,1-3,6-7H2. The molecule has 0 amide bonds. The molecule has 0 spiro atoms. The second-order valence-electron chi connectivity index (χ2n) is 3.14. The van der Waals surface area contributed by atoms with Gasteiger partial charge in [0.25, 0.3) is 0 Å². The van der Waals surface area contributed by atoms with Gasteiger partial charge in [-0.1, -0.05) is 6.42 Å². The van der Waals surface area contributed by atoms with Crippen LogP contribution in [-0.2, 0) is 0 Å². The Morgan fingerprint density at radius 1 is 1.25 bits per heavy atom. The van der Waals surface area contributed by atoms with E-state index in [0.29, 0.717) is 0 Å². The highest BCUT2D eigenvalue weighted by Gasteiger charge is 2.09. The minimum atomic E-state index is 1.19. The van der Waals surface area contributed by atoms with Gasteiger partial charge in [-0.15, -0.1) is 11.3 Å². The van der Waals surface area contributed by atoms with E-state index in [1.54, 1.807) is 11.3 Å². The van der Waals surface area contributed by atoms with Gasteiger partial charge in [-0.25, -0.2) is 5.01 Å². The van der Waals surface area contributed by atoms with E-state index in [9.17, 15) is 0 Å². The first kappa shape index (κ1) is 8.08. The molecular formula is C9H14N2S. The van der Waals surface area contributed by atoms with E-state index in [2.05, 4.69) is 27.9 Å². The molecule has 1 aromatic rings. The van der Waals surface area contributed by atoms with Crippen molar-refractivity contribution >= 4 is 16.3 Å². The highest BCUT2D eigenvalue weighted by Crippen LogP contribution is 2.17. The topological polar surface area (TPSA) is 15.3 Å². The fourth-order valence-electron chi connectivity index (χ4n) is 1.50. The second kappa shape index (κ2) is 3.92. The van der Waals surface area contributed by atoms with Gasteiger partial charge >= 0.3 is 0 Å². The van der Waals surface area contributed by atoms with Crippen molar-refractivity contribution < 1.29 is 0 Å². The van der Waals surface area contributed by atoms with Crippen molar-refractivity contribution in [3.63, 3.8) is 0 Å². The number of thiophene rings is 1. The first-order valence-corrected chi connectivity index (χ1v) is 5.38. The number of rotatable bonds is 2.